The number of hydrogen-bond acceptors (Lipinski definition) is 8. The molecule has 0 heterocycles. The van der Waals surface area contributed by atoms with E-state index in [4.69, 9.17) is 29.4 Å². The van der Waals surface area contributed by atoms with Crippen molar-refractivity contribution in [1.29, 1.82) is 0 Å². The molecule has 10 nitrogen and oxygen atoms in total. The molecule has 380 valence electrons. The van der Waals surface area contributed by atoms with Crippen LogP contribution in [-0.2, 0) is 32.7 Å². The second-order valence-electron chi connectivity index (χ2n) is 16.5. The van der Waals surface area contributed by atoms with E-state index in [0.717, 1.165) is 122 Å². The van der Waals surface area contributed by atoms with Crippen LogP contribution in [0.15, 0.2) is 122 Å². The highest BCUT2D eigenvalue weighted by atomic mass is 31.2. The van der Waals surface area contributed by atoms with Gasteiger partial charge in [0.15, 0.2) is 0 Å². The Hall–Kier alpha value is -3.63. The van der Waals surface area contributed by atoms with Gasteiger partial charge >= 0.3 is 19.8 Å². The van der Waals surface area contributed by atoms with E-state index >= 15 is 0 Å². The molecule has 0 aromatic heterocycles. The van der Waals surface area contributed by atoms with Crippen molar-refractivity contribution in [3.63, 3.8) is 0 Å². The number of hydrogen-bond donors (Lipinski definition) is 3. The summed E-state index contributed by atoms with van der Waals surface area (Å²) < 4.78 is 33.5. The third-order valence-electron chi connectivity index (χ3n) is 10.2. The maximum absolute atomic E-state index is 12.7. The molecule has 11 heteroatoms. The lowest BCUT2D eigenvalue weighted by molar-refractivity contribution is -0.154. The van der Waals surface area contributed by atoms with Crippen LogP contribution in [0.1, 0.15) is 181 Å². The first-order valence-electron chi connectivity index (χ1n) is 25.6. The van der Waals surface area contributed by atoms with Gasteiger partial charge in [0.2, 0.25) is 0 Å². The number of phosphoric acid groups is 1. The summed E-state index contributed by atoms with van der Waals surface area (Å²) in [6.45, 7) is 3.59. The predicted octanol–water partition coefficient (Wildman–Crippen LogP) is 15.2. The summed E-state index contributed by atoms with van der Waals surface area (Å²) in [5.41, 5.74) is 5.37. The van der Waals surface area contributed by atoms with Crippen LogP contribution in [-0.4, -0.2) is 60.5 Å². The monoisotopic (exact) mass is 954 g/mol. The highest BCUT2D eigenvalue weighted by molar-refractivity contribution is 7.47. The number of ether oxygens (including phenoxy) is 2. The second-order valence-corrected chi connectivity index (χ2v) is 18.0. The van der Waals surface area contributed by atoms with Gasteiger partial charge in [0.25, 0.3) is 0 Å². The van der Waals surface area contributed by atoms with E-state index in [-0.39, 0.29) is 13.0 Å². The number of nitrogens with two attached hydrogens (primary N) is 1. The average Bonchev–Trinajstić information content (AvgIpc) is 3.31. The normalized spacial score (nSPS) is 14.7. The Morgan fingerprint density at radius 3 is 1.22 bits per heavy atom. The molecular weight excluding hydrogens is 862 g/mol. The molecule has 3 atom stereocenters. The minimum absolute atomic E-state index is 0.00588. The Labute approximate surface area is 407 Å². The summed E-state index contributed by atoms with van der Waals surface area (Å²) in [7, 11) is -4.64. The quantitative estimate of drug-likeness (QED) is 0.0232. The molecule has 0 aromatic carbocycles. The van der Waals surface area contributed by atoms with Crippen LogP contribution in [0.2, 0.25) is 0 Å². The van der Waals surface area contributed by atoms with Gasteiger partial charge in [0.1, 0.15) is 12.1 Å². The number of carbonyl (C=O) groups excluding carboxylic acids is 1. The molecule has 0 amide bonds. The summed E-state index contributed by atoms with van der Waals surface area (Å²) in [5, 5.41) is 8.94. The van der Waals surface area contributed by atoms with Gasteiger partial charge in [-0.2, -0.15) is 0 Å². The molecule has 3 unspecified atom stereocenters. The van der Waals surface area contributed by atoms with Crippen LogP contribution in [0.3, 0.4) is 0 Å². The summed E-state index contributed by atoms with van der Waals surface area (Å²) in [5.74, 6) is -1.81. The number of aliphatic carboxylic acids is 1. The fourth-order valence-electron chi connectivity index (χ4n) is 6.36. The Morgan fingerprint density at radius 2 is 0.821 bits per heavy atom. The minimum Gasteiger partial charge on any atom is -0.480 e. The lowest BCUT2D eigenvalue weighted by atomic mass is 10.1. The summed E-state index contributed by atoms with van der Waals surface area (Å²) in [6, 6.07) is -1.49. The molecule has 0 aromatic rings. The van der Waals surface area contributed by atoms with Gasteiger partial charge in [0, 0.05) is 13.0 Å². The van der Waals surface area contributed by atoms with Crippen molar-refractivity contribution in [3.05, 3.63) is 122 Å². The lowest BCUT2D eigenvalue weighted by Crippen LogP contribution is -2.34. The molecule has 0 saturated carbocycles. The number of allylic oxidation sites excluding steroid dienone is 20. The number of rotatable bonds is 47. The lowest BCUT2D eigenvalue weighted by Gasteiger charge is -2.20. The molecule has 0 radical (unpaired) electrons. The van der Waals surface area contributed by atoms with Crippen LogP contribution >= 0.6 is 7.82 Å². The summed E-state index contributed by atoms with van der Waals surface area (Å²) in [6.07, 6.45) is 69.6. The van der Waals surface area contributed by atoms with Crippen molar-refractivity contribution in [2.45, 2.75) is 193 Å². The zero-order valence-electron chi connectivity index (χ0n) is 41.7. The number of carbonyl (C=O) groups is 2. The van der Waals surface area contributed by atoms with Gasteiger partial charge in [-0.15, -0.1) is 0 Å². The zero-order valence-corrected chi connectivity index (χ0v) is 42.6. The third-order valence-corrected chi connectivity index (χ3v) is 11.2. The molecule has 0 fully saturated rings. The highest BCUT2D eigenvalue weighted by Crippen LogP contribution is 2.43. The Kier molecular flexibility index (Phi) is 47.5. The van der Waals surface area contributed by atoms with E-state index in [1.807, 2.05) is 0 Å². The van der Waals surface area contributed by atoms with Crippen LogP contribution in [0.5, 0.6) is 0 Å². The molecule has 0 aliphatic rings. The van der Waals surface area contributed by atoms with E-state index < -0.39 is 45.1 Å². The number of phosphoric ester groups is 1. The minimum atomic E-state index is -4.64. The average molecular weight is 954 g/mol. The molecule has 0 bridgehead atoms. The molecule has 0 spiro atoms. The van der Waals surface area contributed by atoms with Crippen LogP contribution < -0.4 is 5.73 Å². The third kappa shape index (κ3) is 50.1. The maximum Gasteiger partial charge on any atom is 0.472 e. The smallest absolute Gasteiger partial charge is 0.472 e. The first-order valence-corrected chi connectivity index (χ1v) is 27.1. The molecule has 67 heavy (non-hydrogen) atoms. The van der Waals surface area contributed by atoms with Crippen molar-refractivity contribution in [2.75, 3.05) is 26.4 Å². The number of carboxylic acids is 1. The van der Waals surface area contributed by atoms with Crippen molar-refractivity contribution in [2.24, 2.45) is 5.73 Å². The fraction of sp³-hybridized carbons (Fsp3) is 0.607. The number of esters is 1. The molecule has 0 saturated heterocycles. The van der Waals surface area contributed by atoms with Gasteiger partial charge in [-0.3, -0.25) is 18.6 Å². The van der Waals surface area contributed by atoms with Crippen molar-refractivity contribution in [3.8, 4) is 0 Å². The van der Waals surface area contributed by atoms with E-state index in [1.54, 1.807) is 0 Å². The van der Waals surface area contributed by atoms with Gasteiger partial charge in [-0.25, -0.2) is 4.57 Å². The SMILES string of the molecule is CC/C=C\C/C=C\C/C=C\C/C=C\C/C=C\CCCCCCCCCCOCC(COP(=O)(O)OCC(N)C(=O)O)OC(=O)CCCCCCC/C=C\C/C=C\C/C=C\C/C=C\C/C=C\CC. The predicted molar refractivity (Wildman–Crippen MR) is 281 cm³/mol. The second kappa shape index (κ2) is 50.3. The van der Waals surface area contributed by atoms with Crippen LogP contribution in [0.25, 0.3) is 0 Å². The van der Waals surface area contributed by atoms with Crippen molar-refractivity contribution < 1.29 is 42.7 Å². The first-order chi connectivity index (χ1) is 32.7. The van der Waals surface area contributed by atoms with E-state index in [9.17, 15) is 19.0 Å². The van der Waals surface area contributed by atoms with Crippen molar-refractivity contribution >= 4 is 19.8 Å². The van der Waals surface area contributed by atoms with Crippen LogP contribution in [0, 0.1) is 0 Å². The Morgan fingerprint density at radius 1 is 0.478 bits per heavy atom. The largest absolute Gasteiger partial charge is 0.480 e. The van der Waals surface area contributed by atoms with Crippen LogP contribution in [0.4, 0.5) is 0 Å². The van der Waals surface area contributed by atoms with Gasteiger partial charge in [-0.1, -0.05) is 193 Å². The molecule has 0 rings (SSSR count). The van der Waals surface area contributed by atoms with E-state index in [2.05, 4.69) is 135 Å². The van der Waals surface area contributed by atoms with Gasteiger partial charge in [-0.05, 0) is 103 Å². The fourth-order valence-corrected chi connectivity index (χ4v) is 7.14. The van der Waals surface area contributed by atoms with Crippen molar-refractivity contribution in [1.82, 2.24) is 0 Å². The highest BCUT2D eigenvalue weighted by Gasteiger charge is 2.27. The topological polar surface area (TPSA) is 155 Å². The first kappa shape index (κ1) is 63.4. The molecular formula is C56H92NO9P. The maximum atomic E-state index is 12.7. The standard InChI is InChI=1S/C56H92NO9P/c1-3-5-7-9-11-13-15-17-19-21-23-25-26-27-29-31-33-35-37-39-41-43-45-47-49-63-50-53(51-64-67(61,62)65-52-54(57)56(59)60)66-55(58)48-46-44-42-40-38-36-34-32-30-28-24-22-20-18-16-14-12-10-8-6-4-2/h5-8,11-14,17-20,23-25,27-29,32,34,53-54H,3-4,9-10,15-16,21-22,26,30-31,33,35-52,57H2,1-2H3,(H,59,60)(H,61,62)/b7-5-,8-6-,13-11-,14-12-,19-17-,20-18-,25-23-,28-24-,29-27-,34-32-. The molecule has 0 aliphatic heterocycles. The van der Waals surface area contributed by atoms with Gasteiger partial charge in [0.05, 0.1) is 19.8 Å². The number of carboxylic acid groups (broad SMARTS) is 1. The van der Waals surface area contributed by atoms with E-state index in [1.165, 1.54) is 32.1 Å². The van der Waals surface area contributed by atoms with Gasteiger partial charge < -0.3 is 25.2 Å². The Bertz CT molecular complexity index is 1520. The molecule has 0 aliphatic carbocycles. The van der Waals surface area contributed by atoms with E-state index in [0.29, 0.717) is 13.0 Å². The zero-order chi connectivity index (χ0) is 49.0. The number of unbranched alkanes of at least 4 members (excludes halogenated alkanes) is 13. The molecule has 4 N–H and O–H groups in total. The Balaban J connectivity index is 4.24. The summed E-state index contributed by atoms with van der Waals surface area (Å²) >= 11 is 0. The summed E-state index contributed by atoms with van der Waals surface area (Å²) in [4.78, 5) is 33.7.